The summed E-state index contributed by atoms with van der Waals surface area (Å²) >= 11 is 0. The van der Waals surface area contributed by atoms with Crippen molar-refractivity contribution in [3.05, 3.63) is 54.2 Å². The summed E-state index contributed by atoms with van der Waals surface area (Å²) in [4.78, 5) is 39.7. The molecule has 1 saturated heterocycles. The van der Waals surface area contributed by atoms with E-state index in [-0.39, 0.29) is 36.5 Å². The molecule has 148 valence electrons. The number of carbonyl (C=O) groups is 3. The van der Waals surface area contributed by atoms with Crippen molar-refractivity contribution in [1.29, 1.82) is 0 Å². The fourth-order valence-corrected chi connectivity index (χ4v) is 2.85. The molecule has 2 aromatic rings. The molecular formula is C19H21FN4O4. The summed E-state index contributed by atoms with van der Waals surface area (Å²) in [6.07, 6.45) is 1.39. The van der Waals surface area contributed by atoms with E-state index in [1.807, 2.05) is 4.90 Å². The number of halogens is 1. The first kappa shape index (κ1) is 19.6. The zero-order valence-electron chi connectivity index (χ0n) is 15.2. The molecular weight excluding hydrogens is 367 g/mol. The number of nitrogens with zero attached hydrogens (tertiary/aromatic N) is 2. The first-order valence-electron chi connectivity index (χ1n) is 8.88. The molecule has 1 aromatic carbocycles. The van der Waals surface area contributed by atoms with Crippen LogP contribution in [-0.2, 0) is 9.59 Å². The largest absolute Gasteiger partial charge is 0.459 e. The number of amides is 3. The molecule has 1 fully saturated rings. The van der Waals surface area contributed by atoms with Gasteiger partial charge in [-0.3, -0.25) is 19.3 Å². The van der Waals surface area contributed by atoms with Crippen LogP contribution in [0, 0.1) is 5.82 Å². The Bertz CT molecular complexity index is 815. The van der Waals surface area contributed by atoms with E-state index in [0.29, 0.717) is 31.9 Å². The third-order valence-corrected chi connectivity index (χ3v) is 4.37. The molecule has 0 unspecified atom stereocenters. The van der Waals surface area contributed by atoms with E-state index in [9.17, 15) is 18.8 Å². The van der Waals surface area contributed by atoms with Crippen LogP contribution in [0.1, 0.15) is 10.6 Å². The second-order valence-corrected chi connectivity index (χ2v) is 6.37. The van der Waals surface area contributed by atoms with Gasteiger partial charge in [-0.25, -0.2) is 4.39 Å². The summed E-state index contributed by atoms with van der Waals surface area (Å²) < 4.78 is 17.9. The lowest BCUT2D eigenvalue weighted by Gasteiger charge is -2.34. The summed E-state index contributed by atoms with van der Waals surface area (Å²) in [6.45, 7) is 2.13. The molecule has 1 aromatic heterocycles. The normalized spacial score (nSPS) is 14.5. The van der Waals surface area contributed by atoms with Gasteiger partial charge in [0.2, 0.25) is 11.8 Å². The molecule has 0 radical (unpaired) electrons. The molecule has 0 bridgehead atoms. The summed E-state index contributed by atoms with van der Waals surface area (Å²) in [7, 11) is 0. The third-order valence-electron chi connectivity index (χ3n) is 4.37. The number of hydrogen-bond acceptors (Lipinski definition) is 5. The van der Waals surface area contributed by atoms with E-state index in [0.717, 1.165) is 0 Å². The third kappa shape index (κ3) is 5.40. The first-order chi connectivity index (χ1) is 13.5. The average Bonchev–Trinajstić information content (AvgIpc) is 3.23. The van der Waals surface area contributed by atoms with Gasteiger partial charge >= 0.3 is 0 Å². The lowest BCUT2D eigenvalue weighted by molar-refractivity contribution is -0.132. The van der Waals surface area contributed by atoms with Crippen LogP contribution in [0.3, 0.4) is 0 Å². The van der Waals surface area contributed by atoms with Gasteiger partial charge in [0.1, 0.15) is 5.82 Å². The molecule has 1 aliphatic rings. The average molecular weight is 388 g/mol. The molecule has 28 heavy (non-hydrogen) atoms. The zero-order valence-corrected chi connectivity index (χ0v) is 15.2. The summed E-state index contributed by atoms with van der Waals surface area (Å²) in [6, 6.07) is 8.69. The summed E-state index contributed by atoms with van der Waals surface area (Å²) in [5.41, 5.74) is 0.535. The van der Waals surface area contributed by atoms with Crippen molar-refractivity contribution in [2.75, 3.05) is 44.6 Å². The van der Waals surface area contributed by atoms with Gasteiger partial charge in [0.15, 0.2) is 5.76 Å². The van der Waals surface area contributed by atoms with E-state index < -0.39 is 5.91 Å². The van der Waals surface area contributed by atoms with Crippen LogP contribution in [0.2, 0.25) is 0 Å². The number of nitrogens with one attached hydrogen (secondary N) is 2. The van der Waals surface area contributed by atoms with Crippen LogP contribution in [0.5, 0.6) is 0 Å². The van der Waals surface area contributed by atoms with Gasteiger partial charge in [0.05, 0.1) is 19.4 Å². The number of anilines is 1. The van der Waals surface area contributed by atoms with Gasteiger partial charge in [-0.15, -0.1) is 0 Å². The standard InChI is InChI=1S/C19H21FN4O4/c20-14-3-5-15(6-4-14)22-17(25)13-23-7-9-24(10-8-23)18(26)12-21-19(27)16-2-1-11-28-16/h1-6,11H,7-10,12-13H2,(H,21,27)(H,22,25). The van der Waals surface area contributed by atoms with Crippen molar-refractivity contribution < 1.29 is 23.2 Å². The van der Waals surface area contributed by atoms with Crippen LogP contribution < -0.4 is 10.6 Å². The van der Waals surface area contributed by atoms with Crippen LogP contribution >= 0.6 is 0 Å². The first-order valence-corrected chi connectivity index (χ1v) is 8.88. The molecule has 8 nitrogen and oxygen atoms in total. The van der Waals surface area contributed by atoms with E-state index >= 15 is 0 Å². The monoisotopic (exact) mass is 388 g/mol. The molecule has 3 rings (SSSR count). The lowest BCUT2D eigenvalue weighted by atomic mass is 10.3. The Kier molecular flexibility index (Phi) is 6.38. The van der Waals surface area contributed by atoms with Crippen molar-refractivity contribution in [3.63, 3.8) is 0 Å². The van der Waals surface area contributed by atoms with Gasteiger partial charge in [0, 0.05) is 31.9 Å². The second kappa shape index (κ2) is 9.14. The maximum atomic E-state index is 12.9. The number of carbonyl (C=O) groups excluding carboxylic acids is 3. The van der Waals surface area contributed by atoms with Gasteiger partial charge in [-0.1, -0.05) is 0 Å². The van der Waals surface area contributed by atoms with Crippen molar-refractivity contribution in [1.82, 2.24) is 15.1 Å². The topological polar surface area (TPSA) is 94.9 Å². The second-order valence-electron chi connectivity index (χ2n) is 6.37. The van der Waals surface area contributed by atoms with Crippen LogP contribution in [-0.4, -0.2) is 66.8 Å². The van der Waals surface area contributed by atoms with Crippen molar-refractivity contribution >= 4 is 23.4 Å². The van der Waals surface area contributed by atoms with E-state index in [2.05, 4.69) is 10.6 Å². The number of piperazine rings is 1. The highest BCUT2D eigenvalue weighted by molar-refractivity contribution is 5.94. The van der Waals surface area contributed by atoms with Crippen molar-refractivity contribution in [3.8, 4) is 0 Å². The van der Waals surface area contributed by atoms with Crippen molar-refractivity contribution in [2.24, 2.45) is 0 Å². The Morgan fingerprint density at radius 1 is 1.04 bits per heavy atom. The maximum absolute atomic E-state index is 12.9. The number of rotatable bonds is 6. The Morgan fingerprint density at radius 3 is 2.39 bits per heavy atom. The number of hydrogen-bond donors (Lipinski definition) is 2. The fraction of sp³-hybridized carbons (Fsp3) is 0.316. The lowest BCUT2D eigenvalue weighted by Crippen LogP contribution is -2.52. The minimum absolute atomic E-state index is 0.107. The van der Waals surface area contributed by atoms with Crippen LogP contribution in [0.15, 0.2) is 47.1 Å². The van der Waals surface area contributed by atoms with Gasteiger partial charge in [-0.2, -0.15) is 0 Å². The predicted molar refractivity (Wildman–Crippen MR) is 99.1 cm³/mol. The molecule has 1 aliphatic heterocycles. The Labute approximate surface area is 161 Å². The maximum Gasteiger partial charge on any atom is 0.287 e. The summed E-state index contributed by atoms with van der Waals surface area (Å²) in [5, 5.41) is 5.24. The predicted octanol–water partition coefficient (Wildman–Crippen LogP) is 0.931. The van der Waals surface area contributed by atoms with Crippen LogP contribution in [0.25, 0.3) is 0 Å². The molecule has 0 aliphatic carbocycles. The Hall–Kier alpha value is -3.20. The smallest absolute Gasteiger partial charge is 0.287 e. The molecule has 9 heteroatoms. The fourth-order valence-electron chi connectivity index (χ4n) is 2.85. The van der Waals surface area contributed by atoms with E-state index in [4.69, 9.17) is 4.42 Å². The quantitative estimate of drug-likeness (QED) is 0.768. The Morgan fingerprint density at radius 2 is 1.75 bits per heavy atom. The SMILES string of the molecule is O=C(CN1CCN(C(=O)CNC(=O)c2ccco2)CC1)Nc1ccc(F)cc1. The molecule has 0 saturated carbocycles. The molecule has 2 N–H and O–H groups in total. The molecule has 2 heterocycles. The van der Waals surface area contributed by atoms with Gasteiger partial charge < -0.3 is 20.0 Å². The Balaban J connectivity index is 1.37. The highest BCUT2D eigenvalue weighted by Crippen LogP contribution is 2.09. The van der Waals surface area contributed by atoms with E-state index in [1.165, 1.54) is 36.6 Å². The molecule has 0 atom stereocenters. The summed E-state index contributed by atoms with van der Waals surface area (Å²) in [5.74, 6) is -1.02. The van der Waals surface area contributed by atoms with E-state index in [1.54, 1.807) is 11.0 Å². The molecule has 3 amide bonds. The highest BCUT2D eigenvalue weighted by atomic mass is 19.1. The van der Waals surface area contributed by atoms with Crippen LogP contribution in [0.4, 0.5) is 10.1 Å². The van der Waals surface area contributed by atoms with Gasteiger partial charge in [0.25, 0.3) is 5.91 Å². The highest BCUT2D eigenvalue weighted by Gasteiger charge is 2.23. The number of benzene rings is 1. The number of furan rings is 1. The molecule has 0 spiro atoms. The van der Waals surface area contributed by atoms with Crippen molar-refractivity contribution in [2.45, 2.75) is 0 Å². The zero-order chi connectivity index (χ0) is 19.9. The minimum Gasteiger partial charge on any atom is -0.459 e. The van der Waals surface area contributed by atoms with Gasteiger partial charge in [-0.05, 0) is 36.4 Å². The minimum atomic E-state index is -0.436.